The number of alkyl carbamates (subject to hydrolysis) is 1. The fraction of sp³-hybridized carbons (Fsp3) is 0.500. The van der Waals surface area contributed by atoms with E-state index in [0.717, 1.165) is 11.1 Å². The fourth-order valence-electron chi connectivity index (χ4n) is 2.27. The maximum Gasteiger partial charge on any atom is 0.407 e. The molecule has 2 amide bonds. The van der Waals surface area contributed by atoms with E-state index in [4.69, 9.17) is 15.2 Å². The fourth-order valence-corrected chi connectivity index (χ4v) is 2.27. The molecule has 0 aliphatic rings. The standard InChI is InChI=1S/C20H30N2O4/c1-6-15-7-9-16(10-8-15)13-25-14(2)17(11-12-18(21)23)22-19(24)26-20(3,4)5/h6-10,14,17H,1,11-13H2,2-5H3,(H2,21,23)(H,22,24). The molecule has 0 aliphatic carbocycles. The van der Waals surface area contributed by atoms with E-state index in [9.17, 15) is 9.59 Å². The second-order valence-corrected chi connectivity index (χ2v) is 7.22. The van der Waals surface area contributed by atoms with Crippen molar-refractivity contribution >= 4 is 18.1 Å². The van der Waals surface area contributed by atoms with E-state index in [1.807, 2.05) is 31.2 Å². The van der Waals surface area contributed by atoms with Crippen LogP contribution in [-0.4, -0.2) is 29.7 Å². The van der Waals surface area contributed by atoms with Crippen molar-refractivity contribution in [2.75, 3.05) is 0 Å². The van der Waals surface area contributed by atoms with E-state index < -0.39 is 17.6 Å². The first-order chi connectivity index (χ1) is 12.1. The molecular formula is C20H30N2O4. The molecule has 0 heterocycles. The number of hydrogen-bond acceptors (Lipinski definition) is 4. The lowest BCUT2D eigenvalue weighted by atomic mass is 10.1. The molecule has 6 heteroatoms. The zero-order valence-corrected chi connectivity index (χ0v) is 16.1. The lowest BCUT2D eigenvalue weighted by Gasteiger charge is -2.27. The van der Waals surface area contributed by atoms with Crippen LogP contribution in [0.3, 0.4) is 0 Å². The summed E-state index contributed by atoms with van der Waals surface area (Å²) in [6, 6.07) is 7.46. The molecule has 3 N–H and O–H groups in total. The van der Waals surface area contributed by atoms with Crippen molar-refractivity contribution in [2.24, 2.45) is 5.73 Å². The first-order valence-corrected chi connectivity index (χ1v) is 8.71. The minimum absolute atomic E-state index is 0.155. The van der Waals surface area contributed by atoms with Gasteiger partial charge in [0.05, 0.1) is 18.8 Å². The molecule has 1 rings (SSSR count). The number of nitrogens with one attached hydrogen (secondary N) is 1. The van der Waals surface area contributed by atoms with Gasteiger partial charge in [0, 0.05) is 6.42 Å². The van der Waals surface area contributed by atoms with E-state index in [2.05, 4.69) is 11.9 Å². The van der Waals surface area contributed by atoms with Crippen molar-refractivity contribution in [2.45, 2.75) is 64.9 Å². The Morgan fingerprint density at radius 3 is 2.38 bits per heavy atom. The molecule has 2 atom stereocenters. The number of primary amides is 1. The molecule has 1 aromatic rings. The third-order valence-electron chi connectivity index (χ3n) is 3.70. The van der Waals surface area contributed by atoms with Gasteiger partial charge < -0.3 is 20.5 Å². The largest absolute Gasteiger partial charge is 0.444 e. The average Bonchev–Trinajstić information content (AvgIpc) is 2.55. The summed E-state index contributed by atoms with van der Waals surface area (Å²) < 4.78 is 11.2. The second kappa shape index (κ2) is 9.97. The highest BCUT2D eigenvalue weighted by atomic mass is 16.6. The van der Waals surface area contributed by atoms with Gasteiger partial charge in [0.25, 0.3) is 0 Å². The van der Waals surface area contributed by atoms with E-state index in [0.29, 0.717) is 13.0 Å². The average molecular weight is 362 g/mol. The lowest BCUT2D eigenvalue weighted by molar-refractivity contribution is -0.118. The van der Waals surface area contributed by atoms with Crippen molar-refractivity contribution in [3.63, 3.8) is 0 Å². The SMILES string of the molecule is C=Cc1ccc(COC(C)C(CCC(N)=O)NC(=O)OC(C)(C)C)cc1. The van der Waals surface area contributed by atoms with Crippen LogP contribution in [0.1, 0.15) is 51.7 Å². The molecule has 0 saturated carbocycles. The summed E-state index contributed by atoms with van der Waals surface area (Å²) in [5.74, 6) is -0.423. The molecule has 2 unspecified atom stereocenters. The molecule has 0 bridgehead atoms. The molecule has 0 aliphatic heterocycles. The number of ether oxygens (including phenoxy) is 2. The summed E-state index contributed by atoms with van der Waals surface area (Å²) in [4.78, 5) is 23.2. The van der Waals surface area contributed by atoms with Crippen molar-refractivity contribution in [3.8, 4) is 0 Å². The van der Waals surface area contributed by atoms with Gasteiger partial charge >= 0.3 is 6.09 Å². The quantitative estimate of drug-likeness (QED) is 0.704. The van der Waals surface area contributed by atoms with Crippen LogP contribution < -0.4 is 11.1 Å². The van der Waals surface area contributed by atoms with Gasteiger partial charge in [0.15, 0.2) is 0 Å². The molecular weight excluding hydrogens is 332 g/mol. The van der Waals surface area contributed by atoms with Gasteiger partial charge in [-0.3, -0.25) is 4.79 Å². The number of carbonyl (C=O) groups excluding carboxylic acids is 2. The zero-order chi connectivity index (χ0) is 19.7. The molecule has 0 spiro atoms. The molecule has 0 aromatic heterocycles. The van der Waals surface area contributed by atoms with Crippen molar-refractivity contribution in [3.05, 3.63) is 42.0 Å². The van der Waals surface area contributed by atoms with E-state index >= 15 is 0 Å². The minimum atomic E-state index is -0.602. The van der Waals surface area contributed by atoms with Gasteiger partial charge in [-0.2, -0.15) is 0 Å². The Bertz CT molecular complexity index is 605. The Morgan fingerprint density at radius 2 is 1.88 bits per heavy atom. The van der Waals surface area contributed by atoms with Gasteiger partial charge in [0.2, 0.25) is 5.91 Å². The molecule has 0 fully saturated rings. The third-order valence-corrected chi connectivity index (χ3v) is 3.70. The third kappa shape index (κ3) is 8.67. The number of amides is 2. The van der Waals surface area contributed by atoms with Crippen LogP contribution in [-0.2, 0) is 20.9 Å². The Morgan fingerprint density at radius 1 is 1.27 bits per heavy atom. The normalized spacial score (nSPS) is 13.5. The predicted octanol–water partition coefficient (Wildman–Crippen LogP) is 3.39. The maximum atomic E-state index is 12.0. The van der Waals surface area contributed by atoms with Crippen LogP contribution in [0.4, 0.5) is 4.79 Å². The van der Waals surface area contributed by atoms with Crippen LogP contribution in [0.5, 0.6) is 0 Å². The number of rotatable bonds is 9. The summed E-state index contributed by atoms with van der Waals surface area (Å²) in [7, 11) is 0. The topological polar surface area (TPSA) is 90.6 Å². The number of carbonyl (C=O) groups is 2. The van der Waals surface area contributed by atoms with Gasteiger partial charge in [-0.1, -0.05) is 36.9 Å². The van der Waals surface area contributed by atoms with Gasteiger partial charge in [-0.25, -0.2) is 4.79 Å². The first-order valence-electron chi connectivity index (χ1n) is 8.71. The molecule has 6 nitrogen and oxygen atoms in total. The highest BCUT2D eigenvalue weighted by molar-refractivity contribution is 5.74. The Balaban J connectivity index is 2.66. The first kappa shape index (κ1) is 21.7. The van der Waals surface area contributed by atoms with Gasteiger partial charge in [-0.05, 0) is 45.2 Å². The summed E-state index contributed by atoms with van der Waals surface area (Å²) in [6.45, 7) is 11.3. The van der Waals surface area contributed by atoms with E-state index in [1.165, 1.54) is 0 Å². The van der Waals surface area contributed by atoms with Crippen LogP contribution in [0, 0.1) is 0 Å². The molecule has 144 valence electrons. The summed E-state index contributed by atoms with van der Waals surface area (Å²) in [5, 5.41) is 2.78. The maximum absolute atomic E-state index is 12.0. The molecule has 1 aromatic carbocycles. The van der Waals surface area contributed by atoms with Crippen molar-refractivity contribution in [1.82, 2.24) is 5.32 Å². The summed E-state index contributed by atoms with van der Waals surface area (Å²) in [6.07, 6.45) is 1.45. The smallest absolute Gasteiger partial charge is 0.407 e. The van der Waals surface area contributed by atoms with Crippen LogP contribution in [0.15, 0.2) is 30.8 Å². The van der Waals surface area contributed by atoms with Gasteiger partial charge in [-0.15, -0.1) is 0 Å². The highest BCUT2D eigenvalue weighted by Crippen LogP contribution is 2.13. The Hall–Kier alpha value is -2.34. The van der Waals surface area contributed by atoms with Crippen molar-refractivity contribution < 1.29 is 19.1 Å². The van der Waals surface area contributed by atoms with Gasteiger partial charge in [0.1, 0.15) is 5.60 Å². The molecule has 26 heavy (non-hydrogen) atoms. The van der Waals surface area contributed by atoms with Crippen LogP contribution in [0.25, 0.3) is 6.08 Å². The van der Waals surface area contributed by atoms with Crippen LogP contribution >= 0.6 is 0 Å². The Labute approximate surface area is 155 Å². The number of benzene rings is 1. The molecule has 0 radical (unpaired) electrons. The minimum Gasteiger partial charge on any atom is -0.444 e. The zero-order valence-electron chi connectivity index (χ0n) is 16.1. The summed E-state index contributed by atoms with van der Waals surface area (Å²) in [5.41, 5.74) is 6.67. The van der Waals surface area contributed by atoms with E-state index in [1.54, 1.807) is 26.8 Å². The Kier molecular flexibility index (Phi) is 8.32. The number of hydrogen-bond donors (Lipinski definition) is 2. The van der Waals surface area contributed by atoms with Crippen LogP contribution in [0.2, 0.25) is 0 Å². The summed E-state index contributed by atoms with van der Waals surface area (Å²) >= 11 is 0. The monoisotopic (exact) mass is 362 g/mol. The highest BCUT2D eigenvalue weighted by Gasteiger charge is 2.24. The number of nitrogens with two attached hydrogens (primary N) is 1. The van der Waals surface area contributed by atoms with Crippen molar-refractivity contribution in [1.29, 1.82) is 0 Å². The molecule has 0 saturated heterocycles. The lowest BCUT2D eigenvalue weighted by Crippen LogP contribution is -2.45. The predicted molar refractivity (Wildman–Crippen MR) is 102 cm³/mol. The second-order valence-electron chi connectivity index (χ2n) is 7.22. The van der Waals surface area contributed by atoms with E-state index in [-0.39, 0.29) is 18.6 Å².